The minimum atomic E-state index is -0.520. The van der Waals surface area contributed by atoms with Crippen LogP contribution in [0.1, 0.15) is 70.2 Å². The molecule has 170 valence electrons. The molecule has 0 aliphatic heterocycles. The predicted octanol–water partition coefficient (Wildman–Crippen LogP) is 3.27. The Morgan fingerprint density at radius 1 is 1.26 bits per heavy atom. The van der Waals surface area contributed by atoms with Crippen LogP contribution in [0.25, 0.3) is 10.2 Å². The van der Waals surface area contributed by atoms with Crippen LogP contribution in [0, 0.1) is 12.8 Å². The second kappa shape index (κ2) is 7.89. The molecule has 2 saturated carbocycles. The van der Waals surface area contributed by atoms with Gasteiger partial charge in [0.1, 0.15) is 10.4 Å². The summed E-state index contributed by atoms with van der Waals surface area (Å²) in [6.07, 6.45) is 5.22. The van der Waals surface area contributed by atoms with Gasteiger partial charge in [0.25, 0.3) is 5.56 Å². The van der Waals surface area contributed by atoms with Gasteiger partial charge in [0.15, 0.2) is 0 Å². The minimum absolute atomic E-state index is 0.0993. The van der Waals surface area contributed by atoms with Crippen molar-refractivity contribution in [3.8, 4) is 0 Å². The van der Waals surface area contributed by atoms with Gasteiger partial charge < -0.3 is 10.1 Å². The number of nitrogens with zero attached hydrogens (tertiary/aromatic N) is 2. The number of aryl methyl sites for hydroxylation is 1. The third kappa shape index (κ3) is 4.37. The van der Waals surface area contributed by atoms with Gasteiger partial charge in [-0.1, -0.05) is 6.42 Å². The number of fused-ring (bicyclic) bond motifs is 1. The quantitative estimate of drug-likeness (QED) is 0.659. The lowest BCUT2D eigenvalue weighted by Gasteiger charge is -2.27. The molecule has 2 fully saturated rings. The molecule has 2 heterocycles. The summed E-state index contributed by atoms with van der Waals surface area (Å²) in [6, 6.07) is 0. The molecular weight excluding hydrogens is 414 g/mol. The molecule has 0 bridgehead atoms. The zero-order chi connectivity index (χ0) is 22.6. The van der Waals surface area contributed by atoms with Gasteiger partial charge in [-0.05, 0) is 71.8 Å². The molecule has 31 heavy (non-hydrogen) atoms. The Labute approximate surface area is 186 Å². The third-order valence-corrected chi connectivity index (χ3v) is 7.78. The zero-order valence-electron chi connectivity index (χ0n) is 19.2. The molecule has 0 spiro atoms. The third-order valence-electron chi connectivity index (χ3n) is 6.47. The van der Waals surface area contributed by atoms with Crippen LogP contribution in [0.3, 0.4) is 0 Å². The lowest BCUT2D eigenvalue weighted by Crippen LogP contribution is -2.45. The predicted molar refractivity (Wildman–Crippen MR) is 123 cm³/mol. The van der Waals surface area contributed by atoms with Crippen LogP contribution in [-0.2, 0) is 28.2 Å². The first-order valence-corrected chi connectivity index (χ1v) is 12.0. The first-order valence-electron chi connectivity index (χ1n) is 11.2. The van der Waals surface area contributed by atoms with E-state index in [0.717, 1.165) is 41.0 Å². The molecule has 2 aromatic heterocycles. The maximum absolute atomic E-state index is 13.4. The Morgan fingerprint density at radius 2 is 1.94 bits per heavy atom. The number of ether oxygens (including phenoxy) is 1. The monoisotopic (exact) mass is 447 g/mol. The van der Waals surface area contributed by atoms with Crippen molar-refractivity contribution in [2.75, 3.05) is 6.54 Å². The van der Waals surface area contributed by atoms with Gasteiger partial charge >= 0.3 is 11.7 Å². The standard InChI is InChI=1S/C23H33N3O4S/c1-14-16(11-24-12-17(27)30-22(2,3)4)31-20-18(14)19(28)26(23(5)9-10-23)21(29)25(20)13-15-7-6-8-15/h15,24H,6-13H2,1-5H3. The Balaban J connectivity index is 1.67. The maximum atomic E-state index is 13.4. The molecule has 7 nitrogen and oxygen atoms in total. The average Bonchev–Trinajstić information content (AvgIpc) is 3.25. The van der Waals surface area contributed by atoms with E-state index in [9.17, 15) is 14.4 Å². The van der Waals surface area contributed by atoms with E-state index in [2.05, 4.69) is 5.32 Å². The SMILES string of the molecule is Cc1c(CNCC(=O)OC(C)(C)C)sc2c1c(=O)n(C1(C)CC1)c(=O)n2CC1CCC1. The molecular formula is C23H33N3O4S. The van der Waals surface area contributed by atoms with Crippen LogP contribution in [0.2, 0.25) is 0 Å². The van der Waals surface area contributed by atoms with Crippen LogP contribution in [0.15, 0.2) is 9.59 Å². The number of thiophene rings is 1. The summed E-state index contributed by atoms with van der Waals surface area (Å²) in [5.74, 6) is 0.201. The number of aromatic nitrogens is 2. The smallest absolute Gasteiger partial charge is 0.332 e. The van der Waals surface area contributed by atoms with Gasteiger partial charge in [0.2, 0.25) is 0 Å². The van der Waals surface area contributed by atoms with Crippen LogP contribution in [0.5, 0.6) is 0 Å². The largest absolute Gasteiger partial charge is 0.459 e. The van der Waals surface area contributed by atoms with Crippen molar-refractivity contribution < 1.29 is 9.53 Å². The van der Waals surface area contributed by atoms with E-state index in [1.54, 1.807) is 0 Å². The lowest BCUT2D eigenvalue weighted by atomic mass is 9.85. The van der Waals surface area contributed by atoms with Crippen LogP contribution < -0.4 is 16.6 Å². The van der Waals surface area contributed by atoms with Gasteiger partial charge in [-0.3, -0.25) is 18.7 Å². The van der Waals surface area contributed by atoms with Crippen molar-refractivity contribution in [2.24, 2.45) is 5.92 Å². The van der Waals surface area contributed by atoms with Crippen LogP contribution >= 0.6 is 11.3 Å². The topological polar surface area (TPSA) is 82.3 Å². The molecule has 8 heteroatoms. The molecule has 4 rings (SSSR count). The van der Waals surface area contributed by atoms with E-state index < -0.39 is 5.60 Å². The summed E-state index contributed by atoms with van der Waals surface area (Å²) < 4.78 is 8.70. The summed E-state index contributed by atoms with van der Waals surface area (Å²) >= 11 is 1.49. The highest BCUT2D eigenvalue weighted by molar-refractivity contribution is 7.18. The number of rotatable bonds is 7. The molecule has 2 aliphatic carbocycles. The fraction of sp³-hybridized carbons (Fsp3) is 0.696. The van der Waals surface area contributed by atoms with Crippen molar-refractivity contribution in [2.45, 2.75) is 91.0 Å². The maximum Gasteiger partial charge on any atom is 0.332 e. The van der Waals surface area contributed by atoms with Crippen molar-refractivity contribution in [1.82, 2.24) is 14.5 Å². The number of nitrogens with one attached hydrogen (secondary N) is 1. The Morgan fingerprint density at radius 3 is 2.48 bits per heavy atom. The molecule has 0 aromatic carbocycles. The van der Waals surface area contributed by atoms with E-state index in [-0.39, 0.29) is 29.3 Å². The van der Waals surface area contributed by atoms with E-state index in [1.165, 1.54) is 22.3 Å². The van der Waals surface area contributed by atoms with Gasteiger partial charge in [0, 0.05) is 18.0 Å². The number of carbonyl (C=O) groups excluding carboxylic acids is 1. The fourth-order valence-corrected chi connectivity index (χ4v) is 5.46. The van der Waals surface area contributed by atoms with Crippen molar-refractivity contribution >= 4 is 27.5 Å². The second-order valence-electron chi connectivity index (χ2n) is 10.3. The van der Waals surface area contributed by atoms with Crippen molar-refractivity contribution in [3.63, 3.8) is 0 Å². The highest BCUT2D eigenvalue weighted by Crippen LogP contribution is 2.41. The van der Waals surface area contributed by atoms with Crippen molar-refractivity contribution in [1.29, 1.82) is 0 Å². The van der Waals surface area contributed by atoms with E-state index in [0.29, 0.717) is 24.4 Å². The molecule has 0 atom stereocenters. The molecule has 2 aliphatic rings. The van der Waals surface area contributed by atoms with Gasteiger partial charge in [0.05, 0.1) is 17.5 Å². The Kier molecular flexibility index (Phi) is 5.67. The molecule has 2 aromatic rings. The summed E-state index contributed by atoms with van der Waals surface area (Å²) in [6.45, 7) is 10.7. The minimum Gasteiger partial charge on any atom is -0.459 e. The first kappa shape index (κ1) is 22.3. The summed E-state index contributed by atoms with van der Waals surface area (Å²) in [5, 5.41) is 3.80. The van der Waals surface area contributed by atoms with Crippen molar-refractivity contribution in [3.05, 3.63) is 31.3 Å². The Bertz CT molecular complexity index is 1130. The zero-order valence-corrected chi connectivity index (χ0v) is 20.0. The first-order chi connectivity index (χ1) is 14.5. The van der Waals surface area contributed by atoms with Crippen LogP contribution in [0.4, 0.5) is 0 Å². The number of hydrogen-bond donors (Lipinski definition) is 1. The van der Waals surface area contributed by atoms with E-state index in [1.807, 2.05) is 39.2 Å². The molecule has 0 radical (unpaired) electrons. The van der Waals surface area contributed by atoms with Gasteiger partial charge in [-0.25, -0.2) is 4.79 Å². The molecule has 1 N–H and O–H groups in total. The highest BCUT2D eigenvalue weighted by atomic mass is 32.1. The normalized spacial score (nSPS) is 18.2. The lowest BCUT2D eigenvalue weighted by molar-refractivity contribution is -0.153. The van der Waals surface area contributed by atoms with Gasteiger partial charge in [-0.2, -0.15) is 0 Å². The number of carbonyl (C=O) groups is 1. The van der Waals surface area contributed by atoms with E-state index >= 15 is 0 Å². The molecule has 0 amide bonds. The van der Waals surface area contributed by atoms with Gasteiger partial charge in [-0.15, -0.1) is 11.3 Å². The number of hydrogen-bond acceptors (Lipinski definition) is 6. The second-order valence-corrected chi connectivity index (χ2v) is 11.4. The van der Waals surface area contributed by atoms with Crippen LogP contribution in [-0.4, -0.2) is 27.2 Å². The molecule has 0 saturated heterocycles. The fourth-order valence-electron chi connectivity index (χ4n) is 4.19. The highest BCUT2D eigenvalue weighted by Gasteiger charge is 2.43. The molecule has 0 unspecified atom stereocenters. The van der Waals surface area contributed by atoms with E-state index in [4.69, 9.17) is 4.74 Å². The summed E-state index contributed by atoms with van der Waals surface area (Å²) in [5.41, 5.74) is -0.306. The average molecular weight is 448 g/mol. The summed E-state index contributed by atoms with van der Waals surface area (Å²) in [7, 11) is 0. The summed E-state index contributed by atoms with van der Waals surface area (Å²) in [4.78, 5) is 40.5. The number of esters is 1. The Hall–Kier alpha value is -1.93.